The Hall–Kier alpha value is -1.13. The normalized spacial score (nSPS) is 23.0. The van der Waals surface area contributed by atoms with Crippen LogP contribution in [0.25, 0.3) is 0 Å². The van der Waals surface area contributed by atoms with Crippen LogP contribution < -0.4 is 10.5 Å². The van der Waals surface area contributed by atoms with Crippen molar-refractivity contribution in [3.05, 3.63) is 23.9 Å². The van der Waals surface area contributed by atoms with Gasteiger partial charge < -0.3 is 10.5 Å². The topological polar surface area (TPSA) is 51.4 Å². The molecule has 1 aromatic rings. The van der Waals surface area contributed by atoms with Crippen LogP contribution >= 0.6 is 0 Å². The molecule has 1 aromatic heterocycles. The van der Waals surface area contributed by atoms with E-state index in [1.807, 2.05) is 12.3 Å². The van der Waals surface area contributed by atoms with Gasteiger partial charge in [0.25, 0.3) is 0 Å². The third kappa shape index (κ3) is 3.70. The van der Waals surface area contributed by atoms with Crippen molar-refractivity contribution in [1.29, 1.82) is 0 Å². The maximum Gasteiger partial charge on any atom is 0.212 e. The van der Waals surface area contributed by atoms with Gasteiger partial charge in [-0.1, -0.05) is 25.8 Å². The van der Waals surface area contributed by atoms with E-state index in [1.54, 1.807) is 7.11 Å². The molecule has 0 saturated heterocycles. The smallest absolute Gasteiger partial charge is 0.212 e. The molecule has 0 radical (unpaired) electrons. The average Bonchev–Trinajstić information content (AvgIpc) is 2.53. The number of aromatic nitrogens is 1. The lowest BCUT2D eigenvalue weighted by Gasteiger charge is -2.39. The molecular weight excluding hydrogens is 250 g/mol. The number of methoxy groups -OCH3 is 1. The fraction of sp³-hybridized carbons (Fsp3) is 0.688. The second-order valence-corrected chi connectivity index (χ2v) is 5.62. The van der Waals surface area contributed by atoms with E-state index < -0.39 is 0 Å². The maximum absolute atomic E-state index is 5.96. The molecule has 112 valence electrons. The van der Waals surface area contributed by atoms with Crippen LogP contribution in [0.1, 0.15) is 38.2 Å². The molecule has 1 aliphatic rings. The van der Waals surface area contributed by atoms with E-state index in [0.29, 0.717) is 17.8 Å². The zero-order valence-corrected chi connectivity index (χ0v) is 12.7. The second-order valence-electron chi connectivity index (χ2n) is 5.62. The summed E-state index contributed by atoms with van der Waals surface area (Å²) in [5, 5.41) is 0. The summed E-state index contributed by atoms with van der Waals surface area (Å²) in [6.07, 6.45) is 7.14. The van der Waals surface area contributed by atoms with Crippen molar-refractivity contribution in [2.24, 2.45) is 11.7 Å². The largest absolute Gasteiger partial charge is 0.481 e. The number of ether oxygens (including phenoxy) is 1. The van der Waals surface area contributed by atoms with Gasteiger partial charge in [-0.2, -0.15) is 0 Å². The summed E-state index contributed by atoms with van der Waals surface area (Å²) in [6, 6.07) is 4.67. The molecule has 0 aromatic carbocycles. The molecule has 2 rings (SSSR count). The molecule has 4 nitrogen and oxygen atoms in total. The van der Waals surface area contributed by atoms with Crippen molar-refractivity contribution in [2.75, 3.05) is 20.2 Å². The number of nitrogens with zero attached hydrogens (tertiary/aromatic N) is 2. The Bertz CT molecular complexity index is 393. The first-order valence-electron chi connectivity index (χ1n) is 7.71. The Labute approximate surface area is 122 Å². The number of hydrogen-bond acceptors (Lipinski definition) is 4. The first-order chi connectivity index (χ1) is 9.78. The van der Waals surface area contributed by atoms with Crippen LogP contribution in [0.4, 0.5) is 0 Å². The second kappa shape index (κ2) is 7.60. The molecule has 1 saturated carbocycles. The van der Waals surface area contributed by atoms with E-state index >= 15 is 0 Å². The predicted molar refractivity (Wildman–Crippen MR) is 81.7 cm³/mol. The first-order valence-corrected chi connectivity index (χ1v) is 7.71. The molecule has 4 heteroatoms. The summed E-state index contributed by atoms with van der Waals surface area (Å²) in [5.74, 6) is 1.32. The van der Waals surface area contributed by atoms with E-state index in [4.69, 9.17) is 10.5 Å². The molecule has 2 N–H and O–H groups in total. The minimum absolute atomic E-state index is 0.626. The SMILES string of the molecule is CCN(Cc1ccc(OC)nc1)C1CCCCC1CN. The van der Waals surface area contributed by atoms with E-state index in [9.17, 15) is 0 Å². The average molecular weight is 277 g/mol. The van der Waals surface area contributed by atoms with Crippen LogP contribution in [0.5, 0.6) is 5.88 Å². The van der Waals surface area contributed by atoms with Gasteiger partial charge in [0.1, 0.15) is 0 Å². The number of nitrogens with two attached hydrogens (primary N) is 1. The highest BCUT2D eigenvalue weighted by molar-refractivity contribution is 5.17. The first kappa shape index (κ1) is 15.3. The van der Waals surface area contributed by atoms with E-state index in [2.05, 4.69) is 22.9 Å². The molecule has 2 atom stereocenters. The third-order valence-electron chi connectivity index (χ3n) is 4.44. The van der Waals surface area contributed by atoms with Gasteiger partial charge >= 0.3 is 0 Å². The highest BCUT2D eigenvalue weighted by atomic mass is 16.5. The van der Waals surface area contributed by atoms with Crippen LogP contribution in [0, 0.1) is 5.92 Å². The summed E-state index contributed by atoms with van der Waals surface area (Å²) in [6.45, 7) is 5.06. The summed E-state index contributed by atoms with van der Waals surface area (Å²) in [4.78, 5) is 6.85. The third-order valence-corrected chi connectivity index (χ3v) is 4.44. The van der Waals surface area contributed by atoms with Gasteiger partial charge in [-0.3, -0.25) is 4.90 Å². The number of pyridine rings is 1. The van der Waals surface area contributed by atoms with Gasteiger partial charge in [0.05, 0.1) is 7.11 Å². The van der Waals surface area contributed by atoms with E-state index in [-0.39, 0.29) is 0 Å². The van der Waals surface area contributed by atoms with Crippen LogP contribution in [0.2, 0.25) is 0 Å². The monoisotopic (exact) mass is 277 g/mol. The fourth-order valence-electron chi connectivity index (χ4n) is 3.27. The lowest BCUT2D eigenvalue weighted by Crippen LogP contribution is -2.44. The summed E-state index contributed by atoms with van der Waals surface area (Å²) >= 11 is 0. The Morgan fingerprint density at radius 1 is 1.35 bits per heavy atom. The van der Waals surface area contributed by atoms with Crippen LogP contribution in [0.15, 0.2) is 18.3 Å². The minimum atomic E-state index is 0.626. The lowest BCUT2D eigenvalue weighted by molar-refractivity contribution is 0.105. The molecule has 1 heterocycles. The fourth-order valence-corrected chi connectivity index (χ4v) is 3.27. The van der Waals surface area contributed by atoms with Crippen molar-refractivity contribution >= 4 is 0 Å². The molecule has 1 fully saturated rings. The van der Waals surface area contributed by atoms with Crippen LogP contribution in [-0.2, 0) is 6.54 Å². The molecule has 0 bridgehead atoms. The van der Waals surface area contributed by atoms with Crippen LogP contribution in [-0.4, -0.2) is 36.1 Å². The van der Waals surface area contributed by atoms with Gasteiger partial charge in [-0.15, -0.1) is 0 Å². The molecule has 2 unspecified atom stereocenters. The van der Waals surface area contributed by atoms with Crippen molar-refractivity contribution in [3.8, 4) is 5.88 Å². The zero-order chi connectivity index (χ0) is 14.4. The van der Waals surface area contributed by atoms with Gasteiger partial charge in [-0.25, -0.2) is 4.98 Å². The van der Waals surface area contributed by atoms with Gasteiger partial charge in [0, 0.05) is 24.8 Å². The highest BCUT2D eigenvalue weighted by Crippen LogP contribution is 2.28. The van der Waals surface area contributed by atoms with Crippen molar-refractivity contribution in [2.45, 2.75) is 45.2 Å². The van der Waals surface area contributed by atoms with Crippen molar-refractivity contribution in [3.63, 3.8) is 0 Å². The molecule has 0 aliphatic heterocycles. The van der Waals surface area contributed by atoms with Crippen molar-refractivity contribution < 1.29 is 4.74 Å². The van der Waals surface area contributed by atoms with Crippen molar-refractivity contribution in [1.82, 2.24) is 9.88 Å². The Balaban J connectivity index is 2.02. The predicted octanol–water partition coefficient (Wildman–Crippen LogP) is 2.43. The standard InChI is InChI=1S/C16H27N3O/c1-3-19(15-7-5-4-6-14(15)10-17)12-13-8-9-16(20-2)18-11-13/h8-9,11,14-15H,3-7,10,12,17H2,1-2H3. The molecular formula is C16H27N3O. The lowest BCUT2D eigenvalue weighted by atomic mass is 9.83. The minimum Gasteiger partial charge on any atom is -0.481 e. The maximum atomic E-state index is 5.96. The zero-order valence-electron chi connectivity index (χ0n) is 12.7. The highest BCUT2D eigenvalue weighted by Gasteiger charge is 2.28. The number of hydrogen-bond donors (Lipinski definition) is 1. The van der Waals surface area contributed by atoms with Gasteiger partial charge in [-0.05, 0) is 37.4 Å². The summed E-state index contributed by atoms with van der Waals surface area (Å²) in [7, 11) is 1.65. The molecule has 1 aliphatic carbocycles. The Morgan fingerprint density at radius 2 is 2.15 bits per heavy atom. The van der Waals surface area contributed by atoms with Gasteiger partial charge in [0.15, 0.2) is 0 Å². The molecule has 0 amide bonds. The molecule has 20 heavy (non-hydrogen) atoms. The Morgan fingerprint density at radius 3 is 2.75 bits per heavy atom. The van der Waals surface area contributed by atoms with E-state index in [0.717, 1.165) is 19.6 Å². The Kier molecular flexibility index (Phi) is 5.80. The number of rotatable bonds is 6. The summed E-state index contributed by atoms with van der Waals surface area (Å²) in [5.41, 5.74) is 7.21. The van der Waals surface area contributed by atoms with Crippen LogP contribution in [0.3, 0.4) is 0 Å². The summed E-state index contributed by atoms with van der Waals surface area (Å²) < 4.78 is 5.11. The molecule has 0 spiro atoms. The van der Waals surface area contributed by atoms with E-state index in [1.165, 1.54) is 31.2 Å². The quantitative estimate of drug-likeness (QED) is 0.867. The van der Waals surface area contributed by atoms with Gasteiger partial charge in [0.2, 0.25) is 5.88 Å².